The van der Waals surface area contributed by atoms with Crippen molar-refractivity contribution < 1.29 is 8.42 Å². The van der Waals surface area contributed by atoms with Crippen molar-refractivity contribution >= 4 is 27.4 Å². The van der Waals surface area contributed by atoms with Gasteiger partial charge in [-0.1, -0.05) is 11.6 Å². The Labute approximate surface area is 156 Å². The van der Waals surface area contributed by atoms with Crippen molar-refractivity contribution in [2.45, 2.75) is 11.8 Å². The predicted molar refractivity (Wildman–Crippen MR) is 99.0 cm³/mol. The Morgan fingerprint density at radius 3 is 2.58 bits per heavy atom. The highest BCUT2D eigenvalue weighted by atomic mass is 35.5. The molecule has 0 bridgehead atoms. The highest BCUT2D eigenvalue weighted by molar-refractivity contribution is 7.89. The highest BCUT2D eigenvalue weighted by Gasteiger charge is 2.12. The van der Waals surface area contributed by atoms with Crippen molar-refractivity contribution in [2.24, 2.45) is 0 Å². The largest absolute Gasteiger partial charge is 0.369 e. The first kappa shape index (κ1) is 18.3. The van der Waals surface area contributed by atoms with E-state index in [0.717, 1.165) is 5.69 Å². The summed E-state index contributed by atoms with van der Waals surface area (Å²) in [7, 11) is -3.58. The van der Waals surface area contributed by atoms with E-state index in [2.05, 4.69) is 25.1 Å². The van der Waals surface area contributed by atoms with Crippen LogP contribution in [0.25, 0.3) is 5.82 Å². The third-order valence-electron chi connectivity index (χ3n) is 3.46. The molecule has 0 atom stereocenters. The summed E-state index contributed by atoms with van der Waals surface area (Å²) in [5.74, 6) is 1.20. The second-order valence-electron chi connectivity index (χ2n) is 5.44. The van der Waals surface area contributed by atoms with Gasteiger partial charge in [0, 0.05) is 30.4 Å². The Balaban J connectivity index is 1.56. The van der Waals surface area contributed by atoms with Gasteiger partial charge < -0.3 is 5.32 Å². The monoisotopic (exact) mass is 392 g/mol. The molecule has 26 heavy (non-hydrogen) atoms. The molecule has 0 aliphatic carbocycles. The minimum atomic E-state index is -3.58. The number of aryl methyl sites for hydroxylation is 1. The average molecular weight is 393 g/mol. The van der Waals surface area contributed by atoms with Crippen LogP contribution in [0.15, 0.2) is 53.8 Å². The summed E-state index contributed by atoms with van der Waals surface area (Å²) < 4.78 is 28.5. The molecule has 0 radical (unpaired) electrons. The van der Waals surface area contributed by atoms with Gasteiger partial charge in [-0.15, -0.1) is 0 Å². The lowest BCUT2D eigenvalue weighted by atomic mass is 10.4. The van der Waals surface area contributed by atoms with Crippen LogP contribution in [0, 0.1) is 6.92 Å². The fourth-order valence-electron chi connectivity index (χ4n) is 2.18. The molecule has 136 valence electrons. The molecule has 3 rings (SSSR count). The van der Waals surface area contributed by atoms with Gasteiger partial charge in [0.2, 0.25) is 10.0 Å². The van der Waals surface area contributed by atoms with Crippen LogP contribution in [-0.4, -0.2) is 41.3 Å². The van der Waals surface area contributed by atoms with Gasteiger partial charge in [-0.3, -0.25) is 0 Å². The maximum absolute atomic E-state index is 12.2. The minimum Gasteiger partial charge on any atom is -0.369 e. The summed E-state index contributed by atoms with van der Waals surface area (Å²) in [4.78, 5) is 8.45. The van der Waals surface area contributed by atoms with Gasteiger partial charge in [-0.05, 0) is 37.3 Å². The molecule has 0 amide bonds. The zero-order chi connectivity index (χ0) is 18.6. The molecule has 10 heteroatoms. The first-order valence-electron chi connectivity index (χ1n) is 7.78. The zero-order valence-electron chi connectivity index (χ0n) is 13.9. The van der Waals surface area contributed by atoms with Gasteiger partial charge >= 0.3 is 0 Å². The van der Waals surface area contributed by atoms with E-state index < -0.39 is 10.0 Å². The number of sulfonamides is 1. The maximum Gasteiger partial charge on any atom is 0.240 e. The second-order valence-corrected chi connectivity index (χ2v) is 7.64. The van der Waals surface area contributed by atoms with Gasteiger partial charge in [-0.25, -0.2) is 27.8 Å². The zero-order valence-corrected chi connectivity index (χ0v) is 15.5. The smallest absolute Gasteiger partial charge is 0.240 e. The molecule has 2 heterocycles. The lowest BCUT2D eigenvalue weighted by molar-refractivity contribution is 0.583. The van der Waals surface area contributed by atoms with Crippen LogP contribution in [0.5, 0.6) is 0 Å². The number of nitrogens with zero attached hydrogens (tertiary/aromatic N) is 4. The Hall–Kier alpha value is -2.49. The molecule has 3 aromatic rings. The van der Waals surface area contributed by atoms with Crippen LogP contribution < -0.4 is 10.0 Å². The van der Waals surface area contributed by atoms with E-state index in [1.807, 2.05) is 19.2 Å². The second kappa shape index (κ2) is 7.81. The maximum atomic E-state index is 12.2. The van der Waals surface area contributed by atoms with Gasteiger partial charge in [0.05, 0.1) is 10.6 Å². The van der Waals surface area contributed by atoms with Crippen LogP contribution in [0.2, 0.25) is 5.02 Å². The Morgan fingerprint density at radius 1 is 1.12 bits per heavy atom. The summed E-state index contributed by atoms with van der Waals surface area (Å²) in [6.45, 7) is 2.45. The first-order valence-corrected chi connectivity index (χ1v) is 9.64. The van der Waals surface area contributed by atoms with Gasteiger partial charge in [0.1, 0.15) is 12.1 Å². The molecular weight excluding hydrogens is 376 g/mol. The summed E-state index contributed by atoms with van der Waals surface area (Å²) in [5, 5.41) is 7.83. The minimum absolute atomic E-state index is 0.167. The number of aromatic nitrogens is 4. The van der Waals surface area contributed by atoms with Crippen molar-refractivity contribution in [1.82, 2.24) is 24.5 Å². The van der Waals surface area contributed by atoms with E-state index in [4.69, 9.17) is 11.6 Å². The normalized spacial score (nSPS) is 11.5. The molecule has 1 aromatic carbocycles. The third kappa shape index (κ3) is 4.57. The molecular formula is C16H17ClN6O2S. The molecule has 0 saturated carbocycles. The number of rotatable bonds is 7. The van der Waals surface area contributed by atoms with Crippen LogP contribution in [0.3, 0.4) is 0 Å². The number of anilines is 1. The molecule has 0 aliphatic rings. The van der Waals surface area contributed by atoms with E-state index in [9.17, 15) is 8.42 Å². The third-order valence-corrected chi connectivity index (χ3v) is 5.19. The van der Waals surface area contributed by atoms with Crippen molar-refractivity contribution in [1.29, 1.82) is 0 Å². The topological polar surface area (TPSA) is 102 Å². The predicted octanol–water partition coefficient (Wildman–Crippen LogP) is 2.01. The molecule has 8 nitrogen and oxygen atoms in total. The molecule has 2 aromatic heterocycles. The number of hydrogen-bond donors (Lipinski definition) is 2. The van der Waals surface area contributed by atoms with Gasteiger partial charge in [0.25, 0.3) is 0 Å². The summed E-state index contributed by atoms with van der Waals surface area (Å²) in [5.41, 5.74) is 0.884. The van der Waals surface area contributed by atoms with Crippen molar-refractivity contribution in [3.63, 3.8) is 0 Å². The summed E-state index contributed by atoms with van der Waals surface area (Å²) >= 11 is 5.77. The van der Waals surface area contributed by atoms with E-state index >= 15 is 0 Å². The standard InChI is InChI=1S/C16H17ClN6O2S/c1-12-6-9-23(22-12)16-10-15(19-11-20-16)18-7-8-21-26(24,25)14-4-2-13(17)3-5-14/h2-6,9-11,21H,7-8H2,1H3,(H,18,19,20). The van der Waals surface area contributed by atoms with Crippen molar-refractivity contribution in [2.75, 3.05) is 18.4 Å². The van der Waals surface area contributed by atoms with E-state index in [1.54, 1.807) is 10.7 Å². The van der Waals surface area contributed by atoms with Crippen LogP contribution in [-0.2, 0) is 10.0 Å². The summed E-state index contributed by atoms with van der Waals surface area (Å²) in [6, 6.07) is 9.60. The quantitative estimate of drug-likeness (QED) is 0.596. The number of nitrogens with one attached hydrogen (secondary N) is 2. The van der Waals surface area contributed by atoms with Gasteiger partial charge in [0.15, 0.2) is 5.82 Å². The van der Waals surface area contributed by atoms with Crippen LogP contribution in [0.1, 0.15) is 5.69 Å². The Morgan fingerprint density at radius 2 is 1.88 bits per heavy atom. The lowest BCUT2D eigenvalue weighted by Crippen LogP contribution is -2.29. The Kier molecular flexibility index (Phi) is 5.50. The van der Waals surface area contributed by atoms with E-state index in [-0.39, 0.29) is 11.4 Å². The number of benzene rings is 1. The summed E-state index contributed by atoms with van der Waals surface area (Å²) in [6.07, 6.45) is 3.23. The molecule has 0 fully saturated rings. The van der Waals surface area contributed by atoms with Crippen molar-refractivity contribution in [3.8, 4) is 5.82 Å². The molecule has 0 spiro atoms. The molecule has 0 aliphatic heterocycles. The fourth-order valence-corrected chi connectivity index (χ4v) is 3.34. The SMILES string of the molecule is Cc1ccn(-c2cc(NCCNS(=O)(=O)c3ccc(Cl)cc3)ncn2)n1. The van der Waals surface area contributed by atoms with Crippen LogP contribution >= 0.6 is 11.6 Å². The molecule has 0 unspecified atom stereocenters. The van der Waals surface area contributed by atoms with Crippen LogP contribution in [0.4, 0.5) is 5.82 Å². The number of halogens is 1. The molecule has 0 saturated heterocycles. The van der Waals surface area contributed by atoms with Gasteiger partial charge in [-0.2, -0.15) is 5.10 Å². The fraction of sp³-hybridized carbons (Fsp3) is 0.188. The number of hydrogen-bond acceptors (Lipinski definition) is 6. The van der Waals surface area contributed by atoms with Crippen molar-refractivity contribution in [3.05, 3.63) is 59.6 Å². The highest BCUT2D eigenvalue weighted by Crippen LogP contribution is 2.13. The first-order chi connectivity index (χ1) is 12.4. The average Bonchev–Trinajstić information content (AvgIpc) is 3.06. The molecule has 2 N–H and O–H groups in total. The van der Waals surface area contributed by atoms with E-state index in [1.165, 1.54) is 30.6 Å². The Bertz CT molecular complexity index is 988. The van der Waals surface area contributed by atoms with E-state index in [0.29, 0.717) is 23.2 Å². The lowest BCUT2D eigenvalue weighted by Gasteiger charge is -2.09.